The van der Waals surface area contributed by atoms with Gasteiger partial charge >= 0.3 is 6.36 Å². The van der Waals surface area contributed by atoms with Crippen molar-refractivity contribution in [3.8, 4) is 17.1 Å². The second-order valence-electron chi connectivity index (χ2n) is 11.2. The van der Waals surface area contributed by atoms with Crippen LogP contribution in [0.15, 0.2) is 57.4 Å². The van der Waals surface area contributed by atoms with E-state index < -0.39 is 39.3 Å². The van der Waals surface area contributed by atoms with Gasteiger partial charge in [0.05, 0.1) is 35.1 Å². The molecular formula is C31H29BrF4N2O7S. The summed E-state index contributed by atoms with van der Waals surface area (Å²) in [6, 6.07) is 11.0. The molecule has 246 valence electrons. The van der Waals surface area contributed by atoms with Gasteiger partial charge in [0.1, 0.15) is 29.7 Å². The quantitative estimate of drug-likeness (QED) is 0.0936. The maximum absolute atomic E-state index is 13.7. The predicted octanol–water partition coefficient (Wildman–Crippen LogP) is 7.14. The van der Waals surface area contributed by atoms with E-state index in [1.807, 2.05) is 6.92 Å². The summed E-state index contributed by atoms with van der Waals surface area (Å²) in [6.45, 7) is 1.24. The maximum atomic E-state index is 13.7. The van der Waals surface area contributed by atoms with E-state index >= 15 is 0 Å². The highest BCUT2D eigenvalue weighted by atomic mass is 79.9. The number of carbonyl (C=O) groups is 1. The second-order valence-corrected chi connectivity index (χ2v) is 13.9. The first-order chi connectivity index (χ1) is 21.5. The standard InChI is InChI=1S/C31H29BrF4N2O7S/c1-30(8-9-30)22-12-21-24(44-28(26(21)29(37)39)18-4-6-20(33)7-5-18)13-23(22)38(46(3,40)41)14-17-10-19(15-43-16-42-2)27(32)25(11-17)45-31(34,35)36/h4-7,10-13H,8-9,14-16H2,1-3H3,(H2,37,39). The Morgan fingerprint density at radius 2 is 1.80 bits per heavy atom. The smallest absolute Gasteiger partial charge is 0.455 e. The first-order valence-corrected chi connectivity index (χ1v) is 16.4. The Bertz CT molecular complexity index is 1910. The van der Waals surface area contributed by atoms with Crippen LogP contribution >= 0.6 is 15.9 Å². The Balaban J connectivity index is 1.69. The summed E-state index contributed by atoms with van der Waals surface area (Å²) in [5, 5.41) is 0.342. The minimum Gasteiger partial charge on any atom is -0.455 e. The third-order valence-electron chi connectivity index (χ3n) is 7.66. The highest BCUT2D eigenvalue weighted by Gasteiger charge is 2.43. The molecule has 0 bridgehead atoms. The summed E-state index contributed by atoms with van der Waals surface area (Å²) in [7, 11) is -2.69. The van der Waals surface area contributed by atoms with Crippen molar-refractivity contribution in [2.24, 2.45) is 5.73 Å². The molecule has 1 saturated carbocycles. The van der Waals surface area contributed by atoms with Crippen LogP contribution < -0.4 is 14.8 Å². The molecule has 3 aromatic carbocycles. The molecule has 0 unspecified atom stereocenters. The number of halogens is 5. The number of ether oxygens (including phenoxy) is 3. The molecule has 5 rings (SSSR count). The Kier molecular flexibility index (Phi) is 9.16. The van der Waals surface area contributed by atoms with Crippen molar-refractivity contribution in [1.29, 1.82) is 0 Å². The average molecular weight is 730 g/mol. The van der Waals surface area contributed by atoms with Crippen LogP contribution in [-0.2, 0) is 38.1 Å². The van der Waals surface area contributed by atoms with Gasteiger partial charge in [-0.1, -0.05) is 13.0 Å². The van der Waals surface area contributed by atoms with E-state index in [4.69, 9.17) is 19.6 Å². The van der Waals surface area contributed by atoms with Crippen molar-refractivity contribution in [3.63, 3.8) is 0 Å². The Labute approximate surface area is 270 Å². The number of amides is 1. The molecule has 1 amide bonds. The third kappa shape index (κ3) is 7.17. The highest BCUT2D eigenvalue weighted by molar-refractivity contribution is 9.10. The summed E-state index contributed by atoms with van der Waals surface area (Å²) in [6.07, 6.45) is -2.63. The van der Waals surface area contributed by atoms with Crippen molar-refractivity contribution in [3.05, 3.63) is 81.1 Å². The van der Waals surface area contributed by atoms with Crippen molar-refractivity contribution in [2.75, 3.05) is 24.5 Å². The van der Waals surface area contributed by atoms with Crippen molar-refractivity contribution in [2.45, 2.75) is 44.7 Å². The number of anilines is 1. The van der Waals surface area contributed by atoms with Gasteiger partial charge in [0.25, 0.3) is 5.91 Å². The maximum Gasteiger partial charge on any atom is 0.573 e. The van der Waals surface area contributed by atoms with E-state index in [9.17, 15) is 30.8 Å². The number of sulfonamides is 1. The van der Waals surface area contributed by atoms with Crippen LogP contribution in [0, 0.1) is 5.82 Å². The van der Waals surface area contributed by atoms with E-state index in [0.717, 1.165) is 16.6 Å². The zero-order chi connectivity index (χ0) is 33.6. The van der Waals surface area contributed by atoms with Crippen LogP contribution in [0.4, 0.5) is 23.2 Å². The van der Waals surface area contributed by atoms with Gasteiger partial charge in [-0.15, -0.1) is 13.2 Å². The lowest BCUT2D eigenvalue weighted by atomic mass is 9.93. The van der Waals surface area contributed by atoms with Crippen molar-refractivity contribution in [1.82, 2.24) is 0 Å². The minimum absolute atomic E-state index is 0.0222. The lowest BCUT2D eigenvalue weighted by Gasteiger charge is -2.28. The molecule has 0 atom stereocenters. The molecule has 1 aliphatic rings. The molecule has 1 aromatic heterocycles. The summed E-state index contributed by atoms with van der Waals surface area (Å²) in [5.41, 5.74) is 7.07. The fourth-order valence-corrected chi connectivity index (χ4v) is 6.54. The number of hydrogen-bond acceptors (Lipinski definition) is 7. The highest BCUT2D eigenvalue weighted by Crippen LogP contribution is 2.53. The molecule has 2 N–H and O–H groups in total. The normalized spacial score (nSPS) is 14.4. The average Bonchev–Trinajstić information content (AvgIpc) is 3.59. The summed E-state index contributed by atoms with van der Waals surface area (Å²) in [4.78, 5) is 12.7. The predicted molar refractivity (Wildman–Crippen MR) is 165 cm³/mol. The number of rotatable bonds is 12. The SMILES string of the molecule is COCOCc1cc(CN(c2cc3oc(-c4ccc(F)cc4)c(C(N)=O)c3cc2C2(C)CC2)S(C)(=O)=O)cc(OC(F)(F)F)c1Br. The second kappa shape index (κ2) is 12.5. The van der Waals surface area contributed by atoms with Crippen molar-refractivity contribution < 1.29 is 49.4 Å². The summed E-state index contributed by atoms with van der Waals surface area (Å²) in [5.74, 6) is -1.80. The topological polar surface area (TPSA) is 121 Å². The number of hydrogen-bond donors (Lipinski definition) is 1. The number of nitrogens with two attached hydrogens (primary N) is 1. The molecule has 0 aliphatic heterocycles. The number of furan rings is 1. The zero-order valence-electron chi connectivity index (χ0n) is 24.8. The van der Waals surface area contributed by atoms with Crippen LogP contribution in [-0.4, -0.2) is 40.8 Å². The van der Waals surface area contributed by atoms with Crippen LogP contribution in [0.5, 0.6) is 5.75 Å². The molecular weight excluding hydrogens is 700 g/mol. The number of benzene rings is 3. The number of fused-ring (bicyclic) bond motifs is 1. The molecule has 0 spiro atoms. The minimum atomic E-state index is -5.03. The Morgan fingerprint density at radius 3 is 2.37 bits per heavy atom. The number of primary amides is 1. The number of nitrogens with zero attached hydrogens (tertiary/aromatic N) is 1. The lowest BCUT2D eigenvalue weighted by molar-refractivity contribution is -0.275. The number of carbonyl (C=O) groups excluding carboxylic acids is 1. The third-order valence-corrected chi connectivity index (χ3v) is 9.69. The number of methoxy groups -OCH3 is 1. The fraction of sp³-hybridized carbons (Fsp3) is 0.323. The van der Waals surface area contributed by atoms with Gasteiger partial charge in [-0.25, -0.2) is 12.8 Å². The largest absolute Gasteiger partial charge is 0.573 e. The molecule has 15 heteroatoms. The van der Waals surface area contributed by atoms with Gasteiger partial charge in [0.2, 0.25) is 10.0 Å². The van der Waals surface area contributed by atoms with E-state index in [1.54, 1.807) is 6.07 Å². The first-order valence-electron chi connectivity index (χ1n) is 13.8. The van der Waals surface area contributed by atoms with Gasteiger partial charge in [-0.05, 0) is 87.3 Å². The Morgan fingerprint density at radius 1 is 1.13 bits per heavy atom. The van der Waals surface area contributed by atoms with Gasteiger partial charge in [-0.2, -0.15) is 0 Å². The number of alkyl halides is 3. The molecule has 46 heavy (non-hydrogen) atoms. The van der Waals surface area contributed by atoms with Crippen molar-refractivity contribution >= 4 is 48.5 Å². The molecule has 1 fully saturated rings. The van der Waals surface area contributed by atoms with Crippen LogP contribution in [0.2, 0.25) is 0 Å². The van der Waals surface area contributed by atoms with Gasteiger partial charge in [-0.3, -0.25) is 9.10 Å². The van der Waals surface area contributed by atoms with E-state index in [-0.39, 0.29) is 58.1 Å². The van der Waals surface area contributed by atoms with E-state index in [2.05, 4.69) is 20.7 Å². The molecule has 4 aromatic rings. The monoisotopic (exact) mass is 728 g/mol. The fourth-order valence-electron chi connectivity index (χ4n) is 5.22. The molecule has 9 nitrogen and oxygen atoms in total. The van der Waals surface area contributed by atoms with Gasteiger partial charge in [0, 0.05) is 24.1 Å². The van der Waals surface area contributed by atoms with Crippen LogP contribution in [0.25, 0.3) is 22.3 Å². The first kappa shape index (κ1) is 33.7. The van der Waals surface area contributed by atoms with Crippen LogP contribution in [0.3, 0.4) is 0 Å². The van der Waals surface area contributed by atoms with Crippen LogP contribution in [0.1, 0.15) is 46.8 Å². The van der Waals surface area contributed by atoms with E-state index in [0.29, 0.717) is 29.4 Å². The molecule has 0 radical (unpaired) electrons. The zero-order valence-corrected chi connectivity index (χ0v) is 27.2. The molecule has 1 heterocycles. The Hall–Kier alpha value is -3.66. The summed E-state index contributed by atoms with van der Waals surface area (Å²) >= 11 is 3.14. The van der Waals surface area contributed by atoms with E-state index in [1.165, 1.54) is 43.5 Å². The van der Waals surface area contributed by atoms with Gasteiger partial charge in [0.15, 0.2) is 0 Å². The summed E-state index contributed by atoms with van der Waals surface area (Å²) < 4.78 is 102. The van der Waals surface area contributed by atoms with Gasteiger partial charge < -0.3 is 24.4 Å². The lowest BCUT2D eigenvalue weighted by Crippen LogP contribution is -2.31. The molecule has 1 aliphatic carbocycles. The molecule has 0 saturated heterocycles.